The normalized spacial score (nSPS) is 20.3. The molecule has 0 aromatic carbocycles. The molecule has 112 valence electrons. The zero-order chi connectivity index (χ0) is 14.2. The highest BCUT2D eigenvalue weighted by Crippen LogP contribution is 2.29. The van der Waals surface area contributed by atoms with Crippen molar-refractivity contribution in [3.05, 3.63) is 12.0 Å². The van der Waals surface area contributed by atoms with Crippen molar-refractivity contribution >= 4 is 16.9 Å². The second-order valence-electron chi connectivity index (χ2n) is 6.26. The minimum absolute atomic E-state index is 0.589. The molecule has 0 bridgehead atoms. The molecule has 4 rings (SSSR count). The fourth-order valence-electron chi connectivity index (χ4n) is 3.09. The molecule has 0 unspecified atom stereocenters. The maximum absolute atomic E-state index is 5.23. The van der Waals surface area contributed by atoms with E-state index in [1.165, 1.54) is 32.2 Å². The van der Waals surface area contributed by atoms with Crippen molar-refractivity contribution in [1.82, 2.24) is 20.4 Å². The Hall–Kier alpha value is -1.69. The van der Waals surface area contributed by atoms with Crippen LogP contribution in [0.25, 0.3) is 11.1 Å². The zero-order valence-electron chi connectivity index (χ0n) is 12.4. The van der Waals surface area contributed by atoms with Gasteiger partial charge in [-0.2, -0.15) is 4.98 Å². The van der Waals surface area contributed by atoms with Gasteiger partial charge in [-0.05, 0) is 45.1 Å². The van der Waals surface area contributed by atoms with E-state index in [0.717, 1.165) is 35.9 Å². The molecule has 1 N–H and O–H groups in total. The summed E-state index contributed by atoms with van der Waals surface area (Å²) < 4.78 is 5.23. The number of fused-ring (bicyclic) bond motifs is 1. The number of aromatic nitrogens is 3. The van der Waals surface area contributed by atoms with Gasteiger partial charge < -0.3 is 14.7 Å². The third-order valence-electron chi connectivity index (χ3n) is 4.61. The molecule has 3 heterocycles. The molecule has 2 aromatic heterocycles. The van der Waals surface area contributed by atoms with Crippen LogP contribution in [-0.4, -0.2) is 40.8 Å². The molecule has 1 aliphatic carbocycles. The summed E-state index contributed by atoms with van der Waals surface area (Å²) in [5, 5.41) is 8.67. The number of hydrogen-bond acceptors (Lipinski definition) is 6. The number of rotatable bonds is 4. The molecule has 6 nitrogen and oxygen atoms in total. The molecule has 2 fully saturated rings. The van der Waals surface area contributed by atoms with Gasteiger partial charge in [0.1, 0.15) is 17.5 Å². The SMILES string of the molecule is Cc1noc2ncnc(N3CCC(NCC4CC4)CC3)c12. The van der Waals surface area contributed by atoms with Gasteiger partial charge in [0.15, 0.2) is 0 Å². The van der Waals surface area contributed by atoms with E-state index in [9.17, 15) is 0 Å². The zero-order valence-corrected chi connectivity index (χ0v) is 12.4. The number of piperidine rings is 1. The summed E-state index contributed by atoms with van der Waals surface area (Å²) in [7, 11) is 0. The maximum Gasteiger partial charge on any atom is 0.263 e. The standard InChI is InChI=1S/C15H21N5O/c1-10-13-14(17-9-18-15(13)21-19-10)20-6-4-12(5-7-20)16-8-11-2-3-11/h9,11-12,16H,2-8H2,1H3. The van der Waals surface area contributed by atoms with E-state index in [0.29, 0.717) is 11.8 Å². The molecule has 0 amide bonds. The molecule has 0 spiro atoms. The Morgan fingerprint density at radius 3 is 2.81 bits per heavy atom. The van der Waals surface area contributed by atoms with Gasteiger partial charge >= 0.3 is 0 Å². The first-order valence-corrected chi connectivity index (χ1v) is 7.86. The van der Waals surface area contributed by atoms with Crippen LogP contribution in [0.15, 0.2) is 10.9 Å². The van der Waals surface area contributed by atoms with Crippen LogP contribution in [0.3, 0.4) is 0 Å². The van der Waals surface area contributed by atoms with Gasteiger partial charge in [-0.3, -0.25) is 0 Å². The Labute approximate surface area is 123 Å². The minimum atomic E-state index is 0.589. The summed E-state index contributed by atoms with van der Waals surface area (Å²) in [6.45, 7) is 5.20. The number of nitrogens with one attached hydrogen (secondary N) is 1. The molecular formula is C15H21N5O. The van der Waals surface area contributed by atoms with Crippen molar-refractivity contribution in [2.45, 2.75) is 38.6 Å². The van der Waals surface area contributed by atoms with Crippen LogP contribution in [0.1, 0.15) is 31.4 Å². The van der Waals surface area contributed by atoms with E-state index in [1.54, 1.807) is 6.33 Å². The summed E-state index contributed by atoms with van der Waals surface area (Å²) in [6, 6.07) is 0.655. The lowest BCUT2D eigenvalue weighted by molar-refractivity contribution is 0.408. The van der Waals surface area contributed by atoms with Crippen molar-refractivity contribution in [3.8, 4) is 0 Å². The van der Waals surface area contributed by atoms with Crippen LogP contribution >= 0.6 is 0 Å². The van der Waals surface area contributed by atoms with Crippen LogP contribution in [0.4, 0.5) is 5.82 Å². The predicted molar refractivity (Wildman–Crippen MR) is 80.3 cm³/mol. The lowest BCUT2D eigenvalue weighted by atomic mass is 10.0. The van der Waals surface area contributed by atoms with Gasteiger partial charge in [-0.25, -0.2) is 4.98 Å². The predicted octanol–water partition coefficient (Wildman–Crippen LogP) is 1.89. The topological polar surface area (TPSA) is 67.1 Å². The molecule has 1 saturated heterocycles. The van der Waals surface area contributed by atoms with Gasteiger partial charge in [0.2, 0.25) is 0 Å². The fraction of sp³-hybridized carbons (Fsp3) is 0.667. The second kappa shape index (κ2) is 5.26. The summed E-state index contributed by atoms with van der Waals surface area (Å²) in [5.74, 6) is 1.92. The highest BCUT2D eigenvalue weighted by Gasteiger charge is 2.26. The van der Waals surface area contributed by atoms with Gasteiger partial charge in [0.25, 0.3) is 5.71 Å². The summed E-state index contributed by atoms with van der Waals surface area (Å²) in [4.78, 5) is 11.0. The van der Waals surface area contributed by atoms with Gasteiger partial charge in [0, 0.05) is 19.1 Å². The first-order chi connectivity index (χ1) is 10.3. The molecule has 0 atom stereocenters. The van der Waals surface area contributed by atoms with Crippen LogP contribution in [0.2, 0.25) is 0 Å². The van der Waals surface area contributed by atoms with E-state index >= 15 is 0 Å². The third kappa shape index (κ3) is 2.60. The minimum Gasteiger partial charge on any atom is -0.356 e. The quantitative estimate of drug-likeness (QED) is 0.926. The largest absolute Gasteiger partial charge is 0.356 e. The molecule has 6 heteroatoms. The number of anilines is 1. The smallest absolute Gasteiger partial charge is 0.263 e. The summed E-state index contributed by atoms with van der Waals surface area (Å²) in [5.41, 5.74) is 1.46. The lowest BCUT2D eigenvalue weighted by Crippen LogP contribution is -2.43. The molecular weight excluding hydrogens is 266 g/mol. The fourth-order valence-corrected chi connectivity index (χ4v) is 3.09. The Kier molecular flexibility index (Phi) is 3.25. The number of nitrogens with zero attached hydrogens (tertiary/aromatic N) is 4. The van der Waals surface area contributed by atoms with E-state index in [1.807, 2.05) is 6.92 Å². The van der Waals surface area contributed by atoms with Crippen molar-refractivity contribution in [2.24, 2.45) is 5.92 Å². The highest BCUT2D eigenvalue weighted by molar-refractivity contribution is 5.87. The maximum atomic E-state index is 5.23. The lowest BCUT2D eigenvalue weighted by Gasteiger charge is -2.33. The third-order valence-corrected chi connectivity index (χ3v) is 4.61. The Bertz CT molecular complexity index is 628. The molecule has 1 aliphatic heterocycles. The van der Waals surface area contributed by atoms with Crippen LogP contribution in [0.5, 0.6) is 0 Å². The summed E-state index contributed by atoms with van der Waals surface area (Å²) in [6.07, 6.45) is 6.74. The Morgan fingerprint density at radius 1 is 1.24 bits per heavy atom. The molecule has 21 heavy (non-hydrogen) atoms. The molecule has 0 radical (unpaired) electrons. The van der Waals surface area contributed by atoms with Gasteiger partial charge in [-0.15, -0.1) is 0 Å². The first-order valence-electron chi connectivity index (χ1n) is 7.86. The van der Waals surface area contributed by atoms with Crippen LogP contribution < -0.4 is 10.2 Å². The van der Waals surface area contributed by atoms with E-state index in [-0.39, 0.29) is 0 Å². The van der Waals surface area contributed by atoms with Crippen molar-refractivity contribution in [1.29, 1.82) is 0 Å². The van der Waals surface area contributed by atoms with Crippen LogP contribution in [0, 0.1) is 12.8 Å². The van der Waals surface area contributed by atoms with Crippen molar-refractivity contribution in [2.75, 3.05) is 24.5 Å². The second-order valence-corrected chi connectivity index (χ2v) is 6.26. The average molecular weight is 287 g/mol. The van der Waals surface area contributed by atoms with Crippen LogP contribution in [-0.2, 0) is 0 Å². The monoisotopic (exact) mass is 287 g/mol. The molecule has 2 aliphatic rings. The van der Waals surface area contributed by atoms with E-state index < -0.39 is 0 Å². The number of aryl methyl sites for hydroxylation is 1. The van der Waals surface area contributed by atoms with Gasteiger partial charge in [0.05, 0.1) is 5.69 Å². The van der Waals surface area contributed by atoms with Crippen molar-refractivity contribution < 1.29 is 4.52 Å². The summed E-state index contributed by atoms with van der Waals surface area (Å²) >= 11 is 0. The number of hydrogen-bond donors (Lipinski definition) is 1. The van der Waals surface area contributed by atoms with E-state index in [2.05, 4.69) is 25.3 Å². The average Bonchev–Trinajstić information content (AvgIpc) is 3.28. The van der Waals surface area contributed by atoms with Gasteiger partial charge in [-0.1, -0.05) is 5.16 Å². The Morgan fingerprint density at radius 2 is 2.05 bits per heavy atom. The molecule has 2 aromatic rings. The highest BCUT2D eigenvalue weighted by atomic mass is 16.5. The van der Waals surface area contributed by atoms with Crippen molar-refractivity contribution in [3.63, 3.8) is 0 Å². The van der Waals surface area contributed by atoms with E-state index in [4.69, 9.17) is 4.52 Å². The Balaban J connectivity index is 1.45. The molecule has 1 saturated carbocycles. The first kappa shape index (κ1) is 13.0.